The molecule has 0 bridgehead atoms. The quantitative estimate of drug-likeness (QED) is 0.182. The Hall–Kier alpha value is -3.13. The van der Waals surface area contributed by atoms with Crippen LogP contribution in [0, 0.1) is 0 Å². The van der Waals surface area contributed by atoms with Gasteiger partial charge < -0.3 is 5.11 Å². The van der Waals surface area contributed by atoms with Crippen LogP contribution in [-0.2, 0) is 11.2 Å². The highest BCUT2D eigenvalue weighted by Gasteiger charge is 2.14. The fraction of sp³-hybridized carbons (Fsp3) is 0.222. The number of hydrogen-bond donors (Lipinski definition) is 1. The minimum Gasteiger partial charge on any atom is -0.481 e. The molecule has 0 saturated carbocycles. The van der Waals surface area contributed by atoms with Gasteiger partial charge in [-0.05, 0) is 67.9 Å². The van der Waals surface area contributed by atoms with Gasteiger partial charge in [-0.3, -0.25) is 4.79 Å². The summed E-state index contributed by atoms with van der Waals surface area (Å²) >= 11 is 0. The standard InChI is InChI=1S/C27H24O2/c28-24(29)15-4-2-1-3-8-19-16-17-20-11-6-13-22-21-12-5-9-18-10-7-14-23(25(18)21)27(19)26(20)22/h5-7,9-14,16-17H,1-4,8,15H2,(H,28,29). The third-order valence-corrected chi connectivity index (χ3v) is 6.18. The van der Waals surface area contributed by atoms with Crippen molar-refractivity contribution in [2.45, 2.75) is 38.5 Å². The Kier molecular flexibility index (Phi) is 4.55. The van der Waals surface area contributed by atoms with Crippen molar-refractivity contribution in [3.8, 4) is 0 Å². The summed E-state index contributed by atoms with van der Waals surface area (Å²) in [6.07, 6.45) is 5.25. The van der Waals surface area contributed by atoms with Crippen molar-refractivity contribution in [3.63, 3.8) is 0 Å². The summed E-state index contributed by atoms with van der Waals surface area (Å²) in [5.41, 5.74) is 1.41. The Labute approximate surface area is 170 Å². The van der Waals surface area contributed by atoms with Crippen molar-refractivity contribution in [1.29, 1.82) is 0 Å². The van der Waals surface area contributed by atoms with Gasteiger partial charge in [0.25, 0.3) is 0 Å². The van der Waals surface area contributed by atoms with Gasteiger partial charge in [-0.2, -0.15) is 0 Å². The second kappa shape index (κ2) is 7.36. The monoisotopic (exact) mass is 380 g/mol. The number of rotatable bonds is 7. The van der Waals surface area contributed by atoms with Crippen LogP contribution >= 0.6 is 0 Å². The number of carboxylic acid groups (broad SMARTS) is 1. The summed E-state index contributed by atoms with van der Waals surface area (Å²) in [7, 11) is 0. The first-order valence-electron chi connectivity index (χ1n) is 10.5. The van der Waals surface area contributed by atoms with Gasteiger partial charge in [0.2, 0.25) is 0 Å². The van der Waals surface area contributed by atoms with Gasteiger partial charge in [-0.1, -0.05) is 79.6 Å². The van der Waals surface area contributed by atoms with Gasteiger partial charge in [-0.15, -0.1) is 0 Å². The predicted molar refractivity (Wildman–Crippen MR) is 122 cm³/mol. The van der Waals surface area contributed by atoms with E-state index in [0.717, 1.165) is 32.1 Å². The first-order valence-corrected chi connectivity index (χ1v) is 10.5. The van der Waals surface area contributed by atoms with Crippen LogP contribution < -0.4 is 0 Å². The Bertz CT molecular complexity index is 1330. The van der Waals surface area contributed by atoms with Gasteiger partial charge >= 0.3 is 5.97 Å². The molecule has 1 N–H and O–H groups in total. The van der Waals surface area contributed by atoms with E-state index in [9.17, 15) is 4.79 Å². The largest absolute Gasteiger partial charge is 0.481 e. The van der Waals surface area contributed by atoms with E-state index in [2.05, 4.69) is 66.7 Å². The lowest BCUT2D eigenvalue weighted by Crippen LogP contribution is -1.95. The first kappa shape index (κ1) is 17.9. The van der Waals surface area contributed by atoms with E-state index in [1.807, 2.05) is 0 Å². The van der Waals surface area contributed by atoms with Crippen molar-refractivity contribution < 1.29 is 9.90 Å². The van der Waals surface area contributed by atoms with Crippen LogP contribution in [0.5, 0.6) is 0 Å². The number of carboxylic acids is 1. The number of aryl methyl sites for hydroxylation is 1. The van der Waals surface area contributed by atoms with E-state index in [-0.39, 0.29) is 6.42 Å². The lowest BCUT2D eigenvalue weighted by atomic mass is 9.86. The second-order valence-electron chi connectivity index (χ2n) is 8.02. The molecule has 0 saturated heterocycles. The SMILES string of the molecule is O=C(O)CCCCCCc1ccc2cccc3c4cccc5cccc(c1c23)c54. The van der Waals surface area contributed by atoms with E-state index in [4.69, 9.17) is 5.11 Å². The zero-order valence-electron chi connectivity index (χ0n) is 16.4. The summed E-state index contributed by atoms with van der Waals surface area (Å²) < 4.78 is 0. The number of benzene rings is 5. The number of aliphatic carboxylic acids is 1. The zero-order valence-corrected chi connectivity index (χ0v) is 16.4. The maximum Gasteiger partial charge on any atom is 0.303 e. The van der Waals surface area contributed by atoms with Crippen molar-refractivity contribution in [2.75, 3.05) is 0 Å². The molecular formula is C27H24O2. The summed E-state index contributed by atoms with van der Waals surface area (Å²) in [5.74, 6) is -0.691. The van der Waals surface area contributed by atoms with Gasteiger partial charge in [-0.25, -0.2) is 0 Å². The molecule has 29 heavy (non-hydrogen) atoms. The number of unbranched alkanes of at least 4 members (excludes halogenated alkanes) is 3. The number of carbonyl (C=O) groups is 1. The Balaban J connectivity index is 1.62. The van der Waals surface area contributed by atoms with Crippen molar-refractivity contribution in [3.05, 3.63) is 72.3 Å². The van der Waals surface area contributed by atoms with Gasteiger partial charge in [0.1, 0.15) is 0 Å². The Morgan fingerprint density at radius 3 is 1.97 bits per heavy atom. The van der Waals surface area contributed by atoms with Crippen LogP contribution in [0.15, 0.2) is 66.7 Å². The van der Waals surface area contributed by atoms with Crippen molar-refractivity contribution >= 4 is 49.1 Å². The van der Waals surface area contributed by atoms with E-state index in [1.165, 1.54) is 48.7 Å². The molecule has 2 nitrogen and oxygen atoms in total. The third kappa shape index (κ3) is 3.09. The Morgan fingerprint density at radius 2 is 1.24 bits per heavy atom. The maximum absolute atomic E-state index is 10.7. The zero-order chi connectivity index (χ0) is 19.8. The highest BCUT2D eigenvalue weighted by molar-refractivity contribution is 6.33. The molecule has 0 atom stereocenters. The van der Waals surface area contributed by atoms with Crippen LogP contribution in [0.4, 0.5) is 0 Å². The molecule has 0 aromatic heterocycles. The molecule has 0 radical (unpaired) electrons. The smallest absolute Gasteiger partial charge is 0.303 e. The minimum absolute atomic E-state index is 0.281. The molecule has 0 fully saturated rings. The first-order chi connectivity index (χ1) is 14.2. The van der Waals surface area contributed by atoms with E-state index >= 15 is 0 Å². The number of hydrogen-bond acceptors (Lipinski definition) is 1. The lowest BCUT2D eigenvalue weighted by Gasteiger charge is -2.17. The fourth-order valence-corrected chi connectivity index (χ4v) is 4.88. The lowest BCUT2D eigenvalue weighted by molar-refractivity contribution is -0.137. The molecular weight excluding hydrogens is 356 g/mol. The topological polar surface area (TPSA) is 37.3 Å². The van der Waals surface area contributed by atoms with E-state index in [1.54, 1.807) is 0 Å². The third-order valence-electron chi connectivity index (χ3n) is 6.18. The average molecular weight is 380 g/mol. The van der Waals surface area contributed by atoms with E-state index < -0.39 is 5.97 Å². The Morgan fingerprint density at radius 1 is 0.621 bits per heavy atom. The molecule has 0 aliphatic heterocycles. The second-order valence-corrected chi connectivity index (χ2v) is 8.02. The van der Waals surface area contributed by atoms with Gasteiger partial charge in [0.05, 0.1) is 0 Å². The van der Waals surface area contributed by atoms with Gasteiger partial charge in [0.15, 0.2) is 0 Å². The van der Waals surface area contributed by atoms with Crippen LogP contribution in [0.1, 0.15) is 37.7 Å². The van der Waals surface area contributed by atoms with Crippen molar-refractivity contribution in [1.82, 2.24) is 0 Å². The van der Waals surface area contributed by atoms with Crippen LogP contribution in [-0.4, -0.2) is 11.1 Å². The minimum atomic E-state index is -0.691. The summed E-state index contributed by atoms with van der Waals surface area (Å²) in [4.78, 5) is 10.7. The summed E-state index contributed by atoms with van der Waals surface area (Å²) in [5, 5.41) is 19.6. The van der Waals surface area contributed by atoms with Crippen LogP contribution in [0.2, 0.25) is 0 Å². The van der Waals surface area contributed by atoms with Crippen LogP contribution in [0.3, 0.4) is 0 Å². The fourth-order valence-electron chi connectivity index (χ4n) is 4.88. The molecule has 5 rings (SSSR count). The number of fused-ring (bicyclic) bond motifs is 2. The molecule has 0 aliphatic carbocycles. The van der Waals surface area contributed by atoms with Crippen molar-refractivity contribution in [2.24, 2.45) is 0 Å². The molecule has 5 aromatic rings. The van der Waals surface area contributed by atoms with E-state index in [0.29, 0.717) is 0 Å². The molecule has 0 spiro atoms. The molecule has 0 unspecified atom stereocenters. The molecule has 0 aliphatic rings. The normalized spacial score (nSPS) is 11.9. The van der Waals surface area contributed by atoms with Crippen LogP contribution in [0.25, 0.3) is 43.1 Å². The summed E-state index contributed by atoms with van der Waals surface area (Å²) in [6.45, 7) is 0. The summed E-state index contributed by atoms with van der Waals surface area (Å²) in [6, 6.07) is 24.5. The molecule has 5 aromatic carbocycles. The molecule has 0 amide bonds. The molecule has 144 valence electrons. The molecule has 0 heterocycles. The highest BCUT2D eigenvalue weighted by atomic mass is 16.4. The average Bonchev–Trinajstić information content (AvgIpc) is 2.74. The molecule has 2 heteroatoms. The highest BCUT2D eigenvalue weighted by Crippen LogP contribution is 2.41. The van der Waals surface area contributed by atoms with Gasteiger partial charge in [0, 0.05) is 6.42 Å². The maximum atomic E-state index is 10.7. The predicted octanol–water partition coefficient (Wildman–Crippen LogP) is 7.31.